The average molecular weight is 345 g/mol. The van der Waals surface area contributed by atoms with E-state index in [2.05, 4.69) is 27.0 Å². The van der Waals surface area contributed by atoms with Crippen LogP contribution in [0.1, 0.15) is 5.56 Å². The molecule has 19 heavy (non-hydrogen) atoms. The summed E-state index contributed by atoms with van der Waals surface area (Å²) in [6.07, 6.45) is 2.85. The zero-order valence-corrected chi connectivity index (χ0v) is 12.8. The Morgan fingerprint density at radius 2 is 2.00 bits per heavy atom. The van der Waals surface area contributed by atoms with Crippen molar-refractivity contribution in [3.63, 3.8) is 0 Å². The van der Waals surface area contributed by atoms with Crippen molar-refractivity contribution in [3.8, 4) is 6.07 Å². The summed E-state index contributed by atoms with van der Waals surface area (Å²) in [7, 11) is -3.14. The number of pyridine rings is 1. The van der Waals surface area contributed by atoms with Gasteiger partial charge in [-0.2, -0.15) is 9.57 Å². The fourth-order valence-electron chi connectivity index (χ4n) is 2.00. The number of rotatable bonds is 2. The van der Waals surface area contributed by atoms with Crippen molar-refractivity contribution < 1.29 is 8.42 Å². The molecule has 0 radical (unpaired) electrons. The summed E-state index contributed by atoms with van der Waals surface area (Å²) in [6, 6.07) is 3.82. The van der Waals surface area contributed by atoms with E-state index in [4.69, 9.17) is 5.26 Å². The summed E-state index contributed by atoms with van der Waals surface area (Å²) in [5, 5.41) is 9.11. The number of aromatic nitrogens is 1. The van der Waals surface area contributed by atoms with Crippen molar-refractivity contribution in [1.82, 2.24) is 9.29 Å². The van der Waals surface area contributed by atoms with Crippen LogP contribution in [0.15, 0.2) is 16.7 Å². The predicted molar refractivity (Wildman–Crippen MR) is 75.3 cm³/mol. The Balaban J connectivity index is 2.17. The second kappa shape index (κ2) is 5.45. The van der Waals surface area contributed by atoms with Gasteiger partial charge in [0, 0.05) is 36.8 Å². The molecule has 0 atom stereocenters. The van der Waals surface area contributed by atoms with Gasteiger partial charge in [0.15, 0.2) is 0 Å². The third-order valence-electron chi connectivity index (χ3n) is 2.96. The summed E-state index contributed by atoms with van der Waals surface area (Å²) in [6.45, 7) is 1.91. The van der Waals surface area contributed by atoms with Crippen molar-refractivity contribution in [2.75, 3.05) is 37.3 Å². The van der Waals surface area contributed by atoms with Gasteiger partial charge in [0.2, 0.25) is 10.0 Å². The predicted octanol–water partition coefficient (Wildman–Crippen LogP) is 0.797. The van der Waals surface area contributed by atoms with E-state index in [0.717, 1.165) is 4.47 Å². The number of sulfonamides is 1. The van der Waals surface area contributed by atoms with Crippen LogP contribution in [0.4, 0.5) is 5.82 Å². The Labute approximate surface area is 120 Å². The lowest BCUT2D eigenvalue weighted by atomic mass is 10.2. The van der Waals surface area contributed by atoms with Crippen molar-refractivity contribution in [2.24, 2.45) is 0 Å². The maximum atomic E-state index is 11.4. The maximum Gasteiger partial charge on any atom is 0.211 e. The Morgan fingerprint density at radius 1 is 1.37 bits per heavy atom. The van der Waals surface area contributed by atoms with Crippen molar-refractivity contribution >= 4 is 31.8 Å². The standard InChI is InChI=1S/C11H13BrN4O2S/c1-19(17,18)16-4-2-15(3-5-16)11-9(7-13)6-10(12)8-14-11/h6,8H,2-5H2,1H3. The highest BCUT2D eigenvalue weighted by molar-refractivity contribution is 9.10. The highest BCUT2D eigenvalue weighted by Gasteiger charge is 2.25. The molecular formula is C11H13BrN4O2S. The Kier molecular flexibility index (Phi) is 4.08. The van der Waals surface area contributed by atoms with E-state index in [9.17, 15) is 8.42 Å². The molecule has 0 unspecified atom stereocenters. The van der Waals surface area contributed by atoms with Crippen molar-refractivity contribution in [1.29, 1.82) is 5.26 Å². The van der Waals surface area contributed by atoms with Crippen LogP contribution in [0.25, 0.3) is 0 Å². The molecule has 0 bridgehead atoms. The molecule has 2 heterocycles. The van der Waals surface area contributed by atoms with E-state index in [-0.39, 0.29) is 0 Å². The minimum absolute atomic E-state index is 0.418. The van der Waals surface area contributed by atoms with Gasteiger partial charge in [0.1, 0.15) is 11.9 Å². The van der Waals surface area contributed by atoms with E-state index < -0.39 is 10.0 Å². The molecule has 0 aliphatic carbocycles. The number of hydrogen-bond acceptors (Lipinski definition) is 5. The maximum absolute atomic E-state index is 11.4. The second-order valence-electron chi connectivity index (χ2n) is 4.29. The molecule has 2 rings (SSSR count). The van der Waals surface area contributed by atoms with Gasteiger partial charge < -0.3 is 4.90 Å². The Bertz CT molecular complexity index is 618. The molecular weight excluding hydrogens is 332 g/mol. The molecule has 8 heteroatoms. The van der Waals surface area contributed by atoms with Gasteiger partial charge in [-0.05, 0) is 22.0 Å². The number of halogens is 1. The van der Waals surface area contributed by atoms with E-state index in [1.165, 1.54) is 10.6 Å². The molecule has 1 saturated heterocycles. The minimum atomic E-state index is -3.14. The van der Waals surface area contributed by atoms with Crippen LogP contribution in [-0.2, 0) is 10.0 Å². The number of nitriles is 1. The van der Waals surface area contributed by atoms with E-state index >= 15 is 0 Å². The fraction of sp³-hybridized carbons (Fsp3) is 0.455. The highest BCUT2D eigenvalue weighted by Crippen LogP contribution is 2.22. The number of piperazine rings is 1. The molecule has 0 aromatic carbocycles. The zero-order valence-electron chi connectivity index (χ0n) is 10.4. The fourth-order valence-corrected chi connectivity index (χ4v) is 3.16. The topological polar surface area (TPSA) is 77.3 Å². The SMILES string of the molecule is CS(=O)(=O)N1CCN(c2ncc(Br)cc2C#N)CC1. The normalized spacial score (nSPS) is 17.2. The molecule has 1 aliphatic heterocycles. The van der Waals surface area contributed by atoms with Crippen LogP contribution in [-0.4, -0.2) is 50.1 Å². The third-order valence-corrected chi connectivity index (χ3v) is 4.70. The van der Waals surface area contributed by atoms with Crippen LogP contribution in [0.5, 0.6) is 0 Å². The first-order valence-electron chi connectivity index (χ1n) is 5.67. The van der Waals surface area contributed by atoms with Gasteiger partial charge >= 0.3 is 0 Å². The lowest BCUT2D eigenvalue weighted by Gasteiger charge is -2.34. The van der Waals surface area contributed by atoms with Gasteiger partial charge in [-0.25, -0.2) is 13.4 Å². The molecule has 0 amide bonds. The molecule has 1 fully saturated rings. The van der Waals surface area contributed by atoms with Gasteiger partial charge in [-0.3, -0.25) is 0 Å². The van der Waals surface area contributed by atoms with Crippen LogP contribution in [0, 0.1) is 11.3 Å². The molecule has 1 aromatic rings. The first-order valence-corrected chi connectivity index (χ1v) is 8.31. The summed E-state index contributed by atoms with van der Waals surface area (Å²) in [4.78, 5) is 6.19. The summed E-state index contributed by atoms with van der Waals surface area (Å²) >= 11 is 3.28. The first kappa shape index (κ1) is 14.2. The number of anilines is 1. The molecule has 0 saturated carbocycles. The van der Waals surface area contributed by atoms with Gasteiger partial charge in [0.05, 0.1) is 11.8 Å². The number of nitrogens with zero attached hydrogens (tertiary/aromatic N) is 4. The summed E-state index contributed by atoms with van der Waals surface area (Å²) in [5.74, 6) is 0.610. The molecule has 6 nitrogen and oxygen atoms in total. The lowest BCUT2D eigenvalue weighted by molar-refractivity contribution is 0.387. The van der Waals surface area contributed by atoms with Crippen LogP contribution < -0.4 is 4.90 Å². The third kappa shape index (κ3) is 3.23. The molecule has 0 spiro atoms. The van der Waals surface area contributed by atoms with E-state index in [0.29, 0.717) is 37.6 Å². The zero-order chi connectivity index (χ0) is 14.0. The average Bonchev–Trinajstić information content (AvgIpc) is 2.37. The van der Waals surface area contributed by atoms with E-state index in [1.807, 2.05) is 4.90 Å². The molecule has 1 aromatic heterocycles. The largest absolute Gasteiger partial charge is 0.353 e. The van der Waals surface area contributed by atoms with Crippen molar-refractivity contribution in [3.05, 3.63) is 22.3 Å². The van der Waals surface area contributed by atoms with E-state index in [1.54, 1.807) is 12.3 Å². The lowest BCUT2D eigenvalue weighted by Crippen LogP contribution is -2.48. The van der Waals surface area contributed by atoms with Gasteiger partial charge in [-0.1, -0.05) is 0 Å². The van der Waals surface area contributed by atoms with Crippen molar-refractivity contribution in [2.45, 2.75) is 0 Å². The Hall–Kier alpha value is -1.17. The quantitative estimate of drug-likeness (QED) is 0.792. The highest BCUT2D eigenvalue weighted by atomic mass is 79.9. The second-order valence-corrected chi connectivity index (χ2v) is 7.18. The van der Waals surface area contributed by atoms with Crippen LogP contribution in [0.2, 0.25) is 0 Å². The minimum Gasteiger partial charge on any atom is -0.353 e. The van der Waals surface area contributed by atoms with Crippen LogP contribution in [0.3, 0.4) is 0 Å². The molecule has 102 valence electrons. The summed E-state index contributed by atoms with van der Waals surface area (Å²) < 4.78 is 25.1. The first-order chi connectivity index (χ1) is 8.91. The number of hydrogen-bond donors (Lipinski definition) is 0. The smallest absolute Gasteiger partial charge is 0.211 e. The van der Waals surface area contributed by atoms with Gasteiger partial charge in [-0.15, -0.1) is 0 Å². The molecule has 0 N–H and O–H groups in total. The Morgan fingerprint density at radius 3 is 2.53 bits per heavy atom. The molecule has 1 aliphatic rings. The monoisotopic (exact) mass is 344 g/mol. The van der Waals surface area contributed by atoms with Gasteiger partial charge in [0.25, 0.3) is 0 Å². The summed E-state index contributed by atoms with van der Waals surface area (Å²) in [5.41, 5.74) is 0.488. The van der Waals surface area contributed by atoms with Crippen LogP contribution >= 0.6 is 15.9 Å².